The minimum absolute atomic E-state index is 0.0617. The quantitative estimate of drug-likeness (QED) is 0.567. The molecule has 4 aromatic rings. The van der Waals surface area contributed by atoms with Gasteiger partial charge < -0.3 is 9.25 Å². The number of fused-ring (bicyclic) bond motifs is 1. The highest BCUT2D eigenvalue weighted by Gasteiger charge is 2.10. The lowest BCUT2D eigenvalue weighted by Gasteiger charge is -2.02. The molecule has 0 atom stereocenters. The molecule has 6 nitrogen and oxygen atoms in total. The highest BCUT2D eigenvalue weighted by molar-refractivity contribution is 6.31. The first-order valence-electron chi connectivity index (χ1n) is 7.04. The smallest absolute Gasteiger partial charge is 0.235 e. The van der Waals surface area contributed by atoms with Crippen LogP contribution in [0.15, 0.2) is 53.1 Å². The molecule has 120 valence electrons. The fraction of sp³-hybridized carbons (Fsp3) is 0.0625. The molecule has 0 aliphatic heterocycles. The Labute approximate surface area is 140 Å². The van der Waals surface area contributed by atoms with E-state index in [1.807, 2.05) is 0 Å². The van der Waals surface area contributed by atoms with E-state index in [1.54, 1.807) is 36.5 Å². The minimum atomic E-state index is -0.307. The van der Waals surface area contributed by atoms with Crippen LogP contribution in [0.3, 0.4) is 0 Å². The molecule has 8 heteroatoms. The van der Waals surface area contributed by atoms with Crippen molar-refractivity contribution in [3.8, 4) is 11.3 Å². The number of hydrogen-bond donors (Lipinski definition) is 0. The fourth-order valence-electron chi connectivity index (χ4n) is 2.21. The Balaban J connectivity index is 1.51. The van der Waals surface area contributed by atoms with Gasteiger partial charge in [-0.05, 0) is 47.7 Å². The van der Waals surface area contributed by atoms with Crippen LogP contribution in [0.5, 0.6) is 0 Å². The first-order valence-corrected chi connectivity index (χ1v) is 7.42. The summed E-state index contributed by atoms with van der Waals surface area (Å²) in [6, 6.07) is 11.1. The summed E-state index contributed by atoms with van der Waals surface area (Å²) < 4.78 is 18.5. The predicted molar refractivity (Wildman–Crippen MR) is 84.7 cm³/mol. The Bertz CT molecular complexity index is 997. The topological polar surface area (TPSA) is 66.0 Å². The normalized spacial score (nSPS) is 11.1. The third-order valence-corrected chi connectivity index (χ3v) is 3.60. The molecule has 0 spiro atoms. The maximum atomic E-state index is 13.0. The van der Waals surface area contributed by atoms with E-state index in [0.717, 1.165) is 5.56 Å². The van der Waals surface area contributed by atoms with Crippen LogP contribution in [0.1, 0.15) is 5.89 Å². The van der Waals surface area contributed by atoms with Gasteiger partial charge in [-0.3, -0.25) is 0 Å². The monoisotopic (exact) mass is 344 g/mol. The van der Waals surface area contributed by atoms with E-state index >= 15 is 0 Å². The number of nitrogens with zero attached hydrogens (tertiary/aromatic N) is 4. The van der Waals surface area contributed by atoms with Crippen molar-refractivity contribution >= 4 is 22.6 Å². The van der Waals surface area contributed by atoms with Gasteiger partial charge in [0.1, 0.15) is 16.9 Å². The molecule has 2 aromatic carbocycles. The standard InChI is InChI=1S/C16H10ClFN4O2/c17-11-3-6-13-14(7-11)22(21-20-13)23-9-16-19-8-15(24-16)10-1-4-12(18)5-2-10/h1-8H,9H2. The second kappa shape index (κ2) is 5.93. The number of hydrogen-bond acceptors (Lipinski definition) is 5. The molecule has 0 saturated carbocycles. The van der Waals surface area contributed by atoms with Crippen molar-refractivity contribution in [3.63, 3.8) is 0 Å². The molecule has 2 heterocycles. The lowest BCUT2D eigenvalue weighted by atomic mass is 10.2. The highest BCUT2D eigenvalue weighted by Crippen LogP contribution is 2.21. The molecule has 0 bridgehead atoms. The van der Waals surface area contributed by atoms with E-state index in [9.17, 15) is 4.39 Å². The molecule has 2 aromatic heterocycles. The van der Waals surface area contributed by atoms with E-state index in [-0.39, 0.29) is 12.4 Å². The minimum Gasteiger partial charge on any atom is -0.437 e. The van der Waals surface area contributed by atoms with E-state index in [0.29, 0.717) is 27.7 Å². The van der Waals surface area contributed by atoms with Crippen LogP contribution in [0.4, 0.5) is 4.39 Å². The maximum absolute atomic E-state index is 13.0. The van der Waals surface area contributed by atoms with Crippen molar-refractivity contribution in [2.75, 3.05) is 0 Å². The van der Waals surface area contributed by atoms with Gasteiger partial charge in [0.15, 0.2) is 12.4 Å². The molecule has 0 fully saturated rings. The Morgan fingerprint density at radius 2 is 2.00 bits per heavy atom. The Hall–Kier alpha value is -2.93. The van der Waals surface area contributed by atoms with Crippen LogP contribution in [-0.4, -0.2) is 20.1 Å². The summed E-state index contributed by atoms with van der Waals surface area (Å²) in [6.07, 6.45) is 1.56. The second-order valence-corrected chi connectivity index (χ2v) is 5.43. The average molecular weight is 345 g/mol. The molecule has 0 radical (unpaired) electrons. The summed E-state index contributed by atoms with van der Waals surface area (Å²) in [7, 11) is 0. The number of aromatic nitrogens is 4. The van der Waals surface area contributed by atoms with E-state index in [1.165, 1.54) is 17.0 Å². The Morgan fingerprint density at radius 3 is 2.83 bits per heavy atom. The highest BCUT2D eigenvalue weighted by atomic mass is 35.5. The number of benzene rings is 2. The number of halogens is 2. The summed E-state index contributed by atoms with van der Waals surface area (Å²) in [5, 5.41) is 8.44. The summed E-state index contributed by atoms with van der Waals surface area (Å²) in [4.78, 5) is 10.9. The van der Waals surface area contributed by atoms with Gasteiger partial charge in [0.2, 0.25) is 5.89 Å². The number of rotatable bonds is 4. The van der Waals surface area contributed by atoms with Crippen molar-refractivity contribution in [1.29, 1.82) is 0 Å². The SMILES string of the molecule is Fc1ccc(-c2cnc(COn3nnc4ccc(Cl)cc43)o2)cc1. The van der Waals surface area contributed by atoms with Crippen LogP contribution in [-0.2, 0) is 6.61 Å². The van der Waals surface area contributed by atoms with Gasteiger partial charge in [0, 0.05) is 10.6 Å². The lowest BCUT2D eigenvalue weighted by molar-refractivity contribution is 0.0619. The van der Waals surface area contributed by atoms with Crippen molar-refractivity contribution in [2.24, 2.45) is 0 Å². The molecule has 0 aliphatic carbocycles. The van der Waals surface area contributed by atoms with Crippen LogP contribution in [0.25, 0.3) is 22.4 Å². The second-order valence-electron chi connectivity index (χ2n) is 4.99. The Kier molecular flexibility index (Phi) is 3.62. The van der Waals surface area contributed by atoms with E-state index < -0.39 is 0 Å². The third kappa shape index (κ3) is 2.81. The zero-order valence-corrected chi connectivity index (χ0v) is 12.9. The average Bonchev–Trinajstić information content (AvgIpc) is 3.20. The van der Waals surface area contributed by atoms with Gasteiger partial charge in [-0.25, -0.2) is 9.37 Å². The largest absolute Gasteiger partial charge is 0.437 e. The molecule has 4 rings (SSSR count). The van der Waals surface area contributed by atoms with Gasteiger partial charge in [-0.2, -0.15) is 0 Å². The van der Waals surface area contributed by atoms with Gasteiger partial charge >= 0.3 is 0 Å². The molecule has 0 N–H and O–H groups in total. The van der Waals surface area contributed by atoms with Gasteiger partial charge in [0.05, 0.1) is 6.20 Å². The Morgan fingerprint density at radius 1 is 1.17 bits per heavy atom. The summed E-state index contributed by atoms with van der Waals surface area (Å²) in [5.74, 6) is 0.582. The van der Waals surface area contributed by atoms with Gasteiger partial charge in [-0.1, -0.05) is 16.4 Å². The molecule has 0 aliphatic rings. The van der Waals surface area contributed by atoms with Gasteiger partial charge in [0.25, 0.3) is 0 Å². The first kappa shape index (κ1) is 14.6. The van der Waals surface area contributed by atoms with E-state index in [2.05, 4.69) is 15.3 Å². The van der Waals surface area contributed by atoms with Crippen molar-refractivity contribution < 1.29 is 13.6 Å². The molecule has 0 saturated heterocycles. The zero-order chi connectivity index (χ0) is 16.5. The van der Waals surface area contributed by atoms with Crippen LogP contribution in [0.2, 0.25) is 5.02 Å². The van der Waals surface area contributed by atoms with Gasteiger partial charge in [-0.15, -0.1) is 5.10 Å². The first-order chi connectivity index (χ1) is 11.7. The van der Waals surface area contributed by atoms with Crippen LogP contribution in [0, 0.1) is 5.82 Å². The summed E-state index contributed by atoms with van der Waals surface area (Å²) >= 11 is 5.97. The van der Waals surface area contributed by atoms with Crippen LogP contribution >= 0.6 is 11.6 Å². The lowest BCUT2D eigenvalue weighted by Crippen LogP contribution is -2.12. The maximum Gasteiger partial charge on any atom is 0.235 e. The molecular formula is C16H10ClFN4O2. The molecule has 0 amide bonds. The zero-order valence-electron chi connectivity index (χ0n) is 12.2. The molecule has 0 unspecified atom stereocenters. The van der Waals surface area contributed by atoms with Crippen molar-refractivity contribution in [1.82, 2.24) is 20.1 Å². The summed E-state index contributed by atoms with van der Waals surface area (Å²) in [5.41, 5.74) is 2.04. The van der Waals surface area contributed by atoms with Crippen molar-refractivity contribution in [3.05, 3.63) is 65.4 Å². The van der Waals surface area contributed by atoms with Crippen LogP contribution < -0.4 is 4.84 Å². The summed E-state index contributed by atoms with van der Waals surface area (Å²) in [6.45, 7) is 0.0617. The van der Waals surface area contributed by atoms with Crippen molar-refractivity contribution in [2.45, 2.75) is 6.61 Å². The van der Waals surface area contributed by atoms with E-state index in [4.69, 9.17) is 20.9 Å². The fourth-order valence-corrected chi connectivity index (χ4v) is 2.37. The molecule has 24 heavy (non-hydrogen) atoms. The predicted octanol–water partition coefficient (Wildman–Crippen LogP) is 3.51. The number of oxazole rings is 1. The molecular weight excluding hydrogens is 335 g/mol. The third-order valence-electron chi connectivity index (χ3n) is 3.37.